The summed E-state index contributed by atoms with van der Waals surface area (Å²) in [4.78, 5) is 54.4. The second kappa shape index (κ2) is 9.86. The van der Waals surface area contributed by atoms with Gasteiger partial charge in [0.1, 0.15) is 0 Å². The van der Waals surface area contributed by atoms with Gasteiger partial charge in [-0.3, -0.25) is 29.1 Å². The molecule has 166 valence electrons. The number of nitrogens with one attached hydrogen (secondary N) is 2. The van der Waals surface area contributed by atoms with Crippen molar-refractivity contribution in [2.45, 2.75) is 19.4 Å². The fourth-order valence-corrected chi connectivity index (χ4v) is 3.59. The highest BCUT2D eigenvalue weighted by atomic mass is 16.2. The summed E-state index contributed by atoms with van der Waals surface area (Å²) in [6.45, 7) is 0.484. The van der Waals surface area contributed by atoms with Gasteiger partial charge in [0.15, 0.2) is 0 Å². The first-order valence-electron chi connectivity index (χ1n) is 10.5. The van der Waals surface area contributed by atoms with Gasteiger partial charge in [0.2, 0.25) is 5.91 Å². The van der Waals surface area contributed by atoms with Gasteiger partial charge in [-0.25, -0.2) is 0 Å². The summed E-state index contributed by atoms with van der Waals surface area (Å²) < 4.78 is 0. The van der Waals surface area contributed by atoms with Crippen LogP contribution in [-0.4, -0.2) is 40.1 Å². The van der Waals surface area contributed by atoms with Crippen LogP contribution in [-0.2, 0) is 11.3 Å². The molecule has 1 aromatic heterocycles. The number of benzene rings is 2. The summed E-state index contributed by atoms with van der Waals surface area (Å²) in [5.41, 5.74) is 2.70. The van der Waals surface area contributed by atoms with Gasteiger partial charge in [-0.05, 0) is 48.4 Å². The van der Waals surface area contributed by atoms with Crippen LogP contribution in [0.3, 0.4) is 0 Å². The predicted molar refractivity (Wildman–Crippen MR) is 122 cm³/mol. The van der Waals surface area contributed by atoms with Crippen molar-refractivity contribution >= 4 is 29.3 Å². The first-order valence-corrected chi connectivity index (χ1v) is 10.5. The third kappa shape index (κ3) is 5.12. The average molecular weight is 442 g/mol. The average Bonchev–Trinajstić information content (AvgIpc) is 3.08. The van der Waals surface area contributed by atoms with Crippen LogP contribution in [0.15, 0.2) is 73.1 Å². The lowest BCUT2D eigenvalue weighted by molar-refractivity contribution is -0.121. The zero-order valence-corrected chi connectivity index (χ0v) is 17.8. The summed E-state index contributed by atoms with van der Waals surface area (Å²) in [6, 6.07) is 17.3. The van der Waals surface area contributed by atoms with E-state index in [1.807, 2.05) is 6.07 Å². The lowest BCUT2D eigenvalue weighted by atomic mass is 10.1. The van der Waals surface area contributed by atoms with Crippen LogP contribution >= 0.6 is 0 Å². The van der Waals surface area contributed by atoms with Gasteiger partial charge in [-0.15, -0.1) is 0 Å². The number of anilines is 1. The largest absolute Gasteiger partial charge is 0.352 e. The number of carbonyl (C=O) groups excluding carboxylic acids is 4. The minimum atomic E-state index is -0.318. The molecule has 8 heteroatoms. The molecule has 0 radical (unpaired) electrons. The van der Waals surface area contributed by atoms with Crippen molar-refractivity contribution < 1.29 is 19.2 Å². The number of imide groups is 1. The molecule has 33 heavy (non-hydrogen) atoms. The van der Waals surface area contributed by atoms with Crippen molar-refractivity contribution in [3.63, 3.8) is 0 Å². The maximum Gasteiger partial charge on any atom is 0.261 e. The molecule has 3 aromatic rings. The lowest BCUT2D eigenvalue weighted by Crippen LogP contribution is -2.32. The van der Waals surface area contributed by atoms with Gasteiger partial charge in [-0.2, -0.15) is 0 Å². The standard InChI is InChI=1S/C25H22N4O4/c30-22(11-5-13-29-24(32)20-9-1-2-10-21(20)25(29)33)27-15-17-6-3-8-19(14-17)28-23(31)18-7-4-12-26-16-18/h1-4,6-10,12,14,16H,5,11,13,15H2,(H,27,30)(H,28,31). The molecule has 0 saturated heterocycles. The smallest absolute Gasteiger partial charge is 0.261 e. The maximum absolute atomic E-state index is 12.4. The summed E-state index contributed by atoms with van der Waals surface area (Å²) in [5.74, 6) is -1.09. The molecular formula is C25H22N4O4. The fourth-order valence-electron chi connectivity index (χ4n) is 3.59. The van der Waals surface area contributed by atoms with Crippen molar-refractivity contribution in [3.05, 3.63) is 95.3 Å². The fraction of sp³-hybridized carbons (Fsp3) is 0.160. The highest BCUT2D eigenvalue weighted by Crippen LogP contribution is 2.22. The minimum Gasteiger partial charge on any atom is -0.352 e. The molecule has 0 spiro atoms. The summed E-state index contributed by atoms with van der Waals surface area (Å²) in [7, 11) is 0. The Balaban J connectivity index is 1.23. The number of pyridine rings is 1. The highest BCUT2D eigenvalue weighted by molar-refractivity contribution is 6.21. The van der Waals surface area contributed by atoms with Crippen LogP contribution in [0.2, 0.25) is 0 Å². The van der Waals surface area contributed by atoms with Crippen LogP contribution in [0, 0.1) is 0 Å². The molecule has 0 saturated carbocycles. The van der Waals surface area contributed by atoms with Crippen molar-refractivity contribution in [3.8, 4) is 0 Å². The lowest BCUT2D eigenvalue weighted by Gasteiger charge is -2.13. The van der Waals surface area contributed by atoms with Gasteiger partial charge in [0.05, 0.1) is 16.7 Å². The van der Waals surface area contributed by atoms with E-state index < -0.39 is 0 Å². The van der Waals surface area contributed by atoms with Crippen LogP contribution in [0.4, 0.5) is 5.69 Å². The Morgan fingerprint density at radius 1 is 0.909 bits per heavy atom. The van der Waals surface area contributed by atoms with E-state index in [4.69, 9.17) is 0 Å². The first kappa shape index (κ1) is 21.9. The van der Waals surface area contributed by atoms with E-state index in [0.29, 0.717) is 35.3 Å². The number of nitrogens with zero attached hydrogens (tertiary/aromatic N) is 2. The van der Waals surface area contributed by atoms with Crippen LogP contribution < -0.4 is 10.6 Å². The molecule has 0 atom stereocenters. The van der Waals surface area contributed by atoms with Gasteiger partial charge in [0.25, 0.3) is 17.7 Å². The Morgan fingerprint density at radius 3 is 2.36 bits per heavy atom. The Hall–Kier alpha value is -4.33. The van der Waals surface area contributed by atoms with E-state index >= 15 is 0 Å². The van der Waals surface area contributed by atoms with E-state index in [1.54, 1.807) is 60.8 Å². The second-order valence-electron chi connectivity index (χ2n) is 7.58. The van der Waals surface area contributed by atoms with Gasteiger partial charge < -0.3 is 10.6 Å². The molecule has 8 nitrogen and oxygen atoms in total. The number of hydrogen-bond donors (Lipinski definition) is 2. The first-order chi connectivity index (χ1) is 16.0. The number of aromatic nitrogens is 1. The molecule has 4 rings (SSSR count). The topological polar surface area (TPSA) is 108 Å². The molecule has 0 unspecified atom stereocenters. The normalized spacial score (nSPS) is 12.4. The van der Waals surface area contributed by atoms with Gasteiger partial charge >= 0.3 is 0 Å². The van der Waals surface area contributed by atoms with E-state index in [9.17, 15) is 19.2 Å². The number of carbonyl (C=O) groups is 4. The molecular weight excluding hydrogens is 420 g/mol. The minimum absolute atomic E-state index is 0.184. The Morgan fingerprint density at radius 2 is 1.67 bits per heavy atom. The summed E-state index contributed by atoms with van der Waals surface area (Å²) >= 11 is 0. The van der Waals surface area contributed by atoms with Crippen molar-refractivity contribution in [1.29, 1.82) is 0 Å². The maximum atomic E-state index is 12.4. The highest BCUT2D eigenvalue weighted by Gasteiger charge is 2.34. The molecule has 1 aliphatic rings. The van der Waals surface area contributed by atoms with Crippen LogP contribution in [0.1, 0.15) is 49.5 Å². The predicted octanol–water partition coefficient (Wildman–Crippen LogP) is 3.03. The second-order valence-corrected chi connectivity index (χ2v) is 7.58. The number of hydrogen-bond acceptors (Lipinski definition) is 5. The SMILES string of the molecule is O=C(CCCN1C(=O)c2ccccc2C1=O)NCc1cccc(NC(=O)c2cccnc2)c1. The number of fused-ring (bicyclic) bond motifs is 1. The van der Waals surface area contributed by atoms with Crippen LogP contribution in [0.5, 0.6) is 0 Å². The number of amides is 4. The van der Waals surface area contributed by atoms with Gasteiger partial charge in [0, 0.05) is 37.6 Å². The molecule has 0 aliphatic carbocycles. The zero-order valence-electron chi connectivity index (χ0n) is 17.8. The summed E-state index contributed by atoms with van der Waals surface area (Å²) in [6.07, 6.45) is 3.64. The third-order valence-electron chi connectivity index (χ3n) is 5.26. The molecule has 4 amide bonds. The zero-order chi connectivity index (χ0) is 23.2. The Bertz CT molecular complexity index is 1170. The van der Waals surface area contributed by atoms with E-state index in [-0.39, 0.29) is 36.6 Å². The van der Waals surface area contributed by atoms with E-state index in [1.165, 1.54) is 11.1 Å². The molecule has 2 N–H and O–H groups in total. The van der Waals surface area contributed by atoms with Crippen molar-refractivity contribution in [2.24, 2.45) is 0 Å². The Labute approximate surface area is 190 Å². The molecule has 2 aromatic carbocycles. The quantitative estimate of drug-likeness (QED) is 0.522. The summed E-state index contributed by atoms with van der Waals surface area (Å²) in [5, 5.41) is 5.63. The van der Waals surface area contributed by atoms with E-state index in [0.717, 1.165) is 5.56 Å². The van der Waals surface area contributed by atoms with E-state index in [2.05, 4.69) is 15.6 Å². The van der Waals surface area contributed by atoms with Crippen molar-refractivity contribution in [1.82, 2.24) is 15.2 Å². The monoisotopic (exact) mass is 442 g/mol. The third-order valence-corrected chi connectivity index (χ3v) is 5.26. The Kier molecular flexibility index (Phi) is 6.54. The van der Waals surface area contributed by atoms with Gasteiger partial charge in [-0.1, -0.05) is 24.3 Å². The molecule has 0 fully saturated rings. The van der Waals surface area contributed by atoms with Crippen molar-refractivity contribution in [2.75, 3.05) is 11.9 Å². The number of rotatable bonds is 8. The molecule has 2 heterocycles. The molecule has 1 aliphatic heterocycles. The van der Waals surface area contributed by atoms with Crippen LogP contribution in [0.25, 0.3) is 0 Å². The molecule has 0 bridgehead atoms.